The molecule has 0 radical (unpaired) electrons. The van der Waals surface area contributed by atoms with Crippen molar-refractivity contribution < 1.29 is 14.7 Å². The van der Waals surface area contributed by atoms with E-state index in [-0.39, 0.29) is 18.0 Å². The van der Waals surface area contributed by atoms with Crippen molar-refractivity contribution in [3.63, 3.8) is 0 Å². The number of nitrogens with zero attached hydrogens (tertiary/aromatic N) is 4. The van der Waals surface area contributed by atoms with Crippen molar-refractivity contribution in [2.24, 2.45) is 5.10 Å². The number of rotatable bonds is 6. The first-order valence-corrected chi connectivity index (χ1v) is 8.72. The summed E-state index contributed by atoms with van der Waals surface area (Å²) < 4.78 is 0. The van der Waals surface area contributed by atoms with Gasteiger partial charge in [0.05, 0.1) is 10.7 Å². The van der Waals surface area contributed by atoms with E-state index < -0.39 is 12.0 Å². The van der Waals surface area contributed by atoms with Crippen molar-refractivity contribution in [3.8, 4) is 0 Å². The molecule has 1 atom stereocenters. The van der Waals surface area contributed by atoms with Gasteiger partial charge in [0.2, 0.25) is 0 Å². The quantitative estimate of drug-likeness (QED) is 0.852. The number of aromatic nitrogens is 1. The Morgan fingerprint density at radius 3 is 2.76 bits per heavy atom. The minimum Gasteiger partial charge on any atom is -0.480 e. The third-order valence-corrected chi connectivity index (χ3v) is 4.79. The Kier molecular flexibility index (Phi) is 5.08. The molecule has 1 aromatic heterocycles. The highest BCUT2D eigenvalue weighted by Gasteiger charge is 2.36. The van der Waals surface area contributed by atoms with Gasteiger partial charge in [-0.2, -0.15) is 5.10 Å². The Morgan fingerprint density at radius 2 is 2.12 bits per heavy atom. The van der Waals surface area contributed by atoms with Crippen LogP contribution >= 0.6 is 11.3 Å². The van der Waals surface area contributed by atoms with Crippen molar-refractivity contribution in [3.05, 3.63) is 46.9 Å². The lowest BCUT2D eigenvalue weighted by atomic mass is 10.1. The fourth-order valence-corrected chi connectivity index (χ4v) is 3.22. The van der Waals surface area contributed by atoms with Gasteiger partial charge >= 0.3 is 5.97 Å². The van der Waals surface area contributed by atoms with E-state index in [0.29, 0.717) is 18.7 Å². The molecule has 1 unspecified atom stereocenters. The monoisotopic (exact) mass is 358 g/mol. The Bertz CT molecular complexity index is 776. The van der Waals surface area contributed by atoms with E-state index >= 15 is 0 Å². The first-order valence-electron chi connectivity index (χ1n) is 7.84. The molecule has 2 aromatic rings. The minimum atomic E-state index is -0.999. The molecular formula is C17H18N4O3S. The van der Waals surface area contributed by atoms with Crippen LogP contribution in [0, 0.1) is 0 Å². The van der Waals surface area contributed by atoms with Crippen molar-refractivity contribution >= 4 is 34.6 Å². The zero-order valence-corrected chi connectivity index (χ0v) is 14.5. The van der Waals surface area contributed by atoms with Crippen molar-refractivity contribution in [1.29, 1.82) is 0 Å². The van der Waals surface area contributed by atoms with Crippen LogP contribution in [0.3, 0.4) is 0 Å². The normalized spacial score (nSPS) is 16.6. The molecule has 3 rings (SSSR count). The Labute approximate surface area is 149 Å². The standard InChI is InChI=1S/C17H18N4O3S/c1-20(9-7-15-18-8-10-25-15)16(22)13-11-14(17(23)24)21(19-13)12-5-3-2-4-6-12/h2-6,8,10,14H,7,9,11H2,1H3,(H,23,24). The molecule has 1 aromatic carbocycles. The van der Waals surface area contributed by atoms with Gasteiger partial charge < -0.3 is 10.0 Å². The molecule has 2 heterocycles. The minimum absolute atomic E-state index is 0.0879. The van der Waals surface area contributed by atoms with E-state index in [1.54, 1.807) is 41.6 Å². The number of carboxylic acid groups (broad SMARTS) is 1. The summed E-state index contributed by atoms with van der Waals surface area (Å²) in [6.45, 7) is 0.508. The number of likely N-dealkylation sites (N-methyl/N-ethyl adjacent to an activating group) is 1. The van der Waals surface area contributed by atoms with Gasteiger partial charge in [-0.05, 0) is 12.1 Å². The maximum Gasteiger partial charge on any atom is 0.328 e. The summed E-state index contributed by atoms with van der Waals surface area (Å²) in [5.74, 6) is -1.25. The average Bonchev–Trinajstić information content (AvgIpc) is 3.29. The number of aliphatic carboxylic acids is 1. The molecule has 25 heavy (non-hydrogen) atoms. The lowest BCUT2D eigenvalue weighted by Gasteiger charge is -2.19. The molecule has 0 saturated carbocycles. The van der Waals surface area contributed by atoms with E-state index in [4.69, 9.17) is 0 Å². The average molecular weight is 358 g/mol. The molecular weight excluding hydrogens is 340 g/mol. The molecule has 7 nitrogen and oxygen atoms in total. The maximum atomic E-state index is 12.6. The summed E-state index contributed by atoms with van der Waals surface area (Å²) in [5.41, 5.74) is 0.918. The molecule has 1 aliphatic heterocycles. The Balaban J connectivity index is 1.72. The molecule has 1 N–H and O–H groups in total. The van der Waals surface area contributed by atoms with Crippen LogP contribution in [0.5, 0.6) is 0 Å². The summed E-state index contributed by atoms with van der Waals surface area (Å²) in [7, 11) is 1.69. The number of amides is 1. The van der Waals surface area contributed by atoms with Gasteiger partial charge in [-0.15, -0.1) is 11.3 Å². The Hall–Kier alpha value is -2.74. The molecule has 130 valence electrons. The molecule has 0 saturated heterocycles. The number of thiazole rings is 1. The topological polar surface area (TPSA) is 86.1 Å². The van der Waals surface area contributed by atoms with E-state index in [2.05, 4.69) is 10.1 Å². The van der Waals surface area contributed by atoms with E-state index in [9.17, 15) is 14.7 Å². The van der Waals surface area contributed by atoms with Crippen LogP contribution < -0.4 is 5.01 Å². The number of carbonyl (C=O) groups excluding carboxylic acids is 1. The summed E-state index contributed by atoms with van der Waals surface area (Å²) in [5, 5.41) is 18.0. The first kappa shape index (κ1) is 17.1. The second-order valence-corrected chi connectivity index (χ2v) is 6.67. The van der Waals surface area contributed by atoms with Crippen LogP contribution in [-0.4, -0.2) is 52.2 Å². The van der Waals surface area contributed by atoms with Crippen molar-refractivity contribution in [2.45, 2.75) is 18.9 Å². The molecule has 1 aliphatic rings. The van der Waals surface area contributed by atoms with Crippen molar-refractivity contribution in [1.82, 2.24) is 9.88 Å². The summed E-state index contributed by atoms with van der Waals surface area (Å²) in [6, 6.07) is 8.15. The molecule has 1 amide bonds. The van der Waals surface area contributed by atoms with Gasteiger partial charge in [0.15, 0.2) is 6.04 Å². The number of carbonyl (C=O) groups is 2. The third kappa shape index (κ3) is 3.85. The fourth-order valence-electron chi connectivity index (χ4n) is 2.61. The predicted octanol–water partition coefficient (Wildman–Crippen LogP) is 1.86. The molecule has 8 heteroatoms. The zero-order valence-electron chi connectivity index (χ0n) is 13.7. The fraction of sp³-hybridized carbons (Fsp3) is 0.294. The van der Waals surface area contributed by atoms with E-state index in [1.807, 2.05) is 23.6 Å². The van der Waals surface area contributed by atoms with Gasteiger partial charge in [0, 0.05) is 38.0 Å². The smallest absolute Gasteiger partial charge is 0.328 e. The predicted molar refractivity (Wildman–Crippen MR) is 95.9 cm³/mol. The third-order valence-electron chi connectivity index (χ3n) is 3.95. The second-order valence-electron chi connectivity index (χ2n) is 5.69. The van der Waals surface area contributed by atoms with Gasteiger partial charge in [0.25, 0.3) is 5.91 Å². The van der Waals surface area contributed by atoms with E-state index in [1.165, 1.54) is 5.01 Å². The van der Waals surface area contributed by atoms with Gasteiger partial charge in [0.1, 0.15) is 5.71 Å². The summed E-state index contributed by atoms with van der Waals surface area (Å²) >= 11 is 1.55. The number of anilines is 1. The lowest BCUT2D eigenvalue weighted by Crippen LogP contribution is -2.36. The summed E-state index contributed by atoms with van der Waals surface area (Å²) in [6.07, 6.45) is 2.49. The maximum absolute atomic E-state index is 12.6. The van der Waals surface area contributed by atoms with Crippen LogP contribution in [0.2, 0.25) is 0 Å². The van der Waals surface area contributed by atoms with Gasteiger partial charge in [-0.25, -0.2) is 9.78 Å². The zero-order chi connectivity index (χ0) is 17.8. The van der Waals surface area contributed by atoms with Crippen molar-refractivity contribution in [2.75, 3.05) is 18.6 Å². The number of hydrazone groups is 1. The van der Waals surface area contributed by atoms with Crippen LogP contribution in [-0.2, 0) is 16.0 Å². The second kappa shape index (κ2) is 7.43. The Morgan fingerprint density at radius 1 is 1.36 bits per heavy atom. The number of hydrogen-bond donors (Lipinski definition) is 1. The van der Waals surface area contributed by atoms with Crippen LogP contribution in [0.15, 0.2) is 47.0 Å². The highest BCUT2D eigenvalue weighted by atomic mass is 32.1. The number of carboxylic acids is 1. The molecule has 0 aliphatic carbocycles. The van der Waals surface area contributed by atoms with E-state index in [0.717, 1.165) is 5.01 Å². The molecule has 0 spiro atoms. The molecule has 0 bridgehead atoms. The van der Waals surface area contributed by atoms with Gasteiger partial charge in [-0.3, -0.25) is 9.80 Å². The highest BCUT2D eigenvalue weighted by Crippen LogP contribution is 2.25. The van der Waals surface area contributed by atoms with Crippen LogP contribution in [0.1, 0.15) is 11.4 Å². The number of benzene rings is 1. The SMILES string of the molecule is CN(CCc1nccs1)C(=O)C1=NN(c2ccccc2)C(C(=O)O)C1. The summed E-state index contributed by atoms with van der Waals surface area (Å²) in [4.78, 5) is 29.9. The number of para-hydroxylation sites is 1. The van der Waals surface area contributed by atoms with Crippen LogP contribution in [0.25, 0.3) is 0 Å². The molecule has 0 fully saturated rings. The van der Waals surface area contributed by atoms with Crippen LogP contribution in [0.4, 0.5) is 5.69 Å². The lowest BCUT2D eigenvalue weighted by molar-refractivity contribution is -0.138. The van der Waals surface area contributed by atoms with Gasteiger partial charge in [-0.1, -0.05) is 18.2 Å². The first-order chi connectivity index (χ1) is 12.1. The highest BCUT2D eigenvalue weighted by molar-refractivity contribution is 7.09. The number of hydrogen-bond acceptors (Lipinski definition) is 6. The largest absolute Gasteiger partial charge is 0.480 e.